The van der Waals surface area contributed by atoms with Crippen LogP contribution in [-0.4, -0.2) is 20.9 Å². The lowest BCUT2D eigenvalue weighted by atomic mass is 10.2. The first-order valence-corrected chi connectivity index (χ1v) is 7.26. The Morgan fingerprint density at radius 1 is 1.08 bits per heavy atom. The molecule has 0 radical (unpaired) electrons. The molecule has 120 valence electrons. The van der Waals surface area contributed by atoms with Crippen LogP contribution >= 0.6 is 0 Å². The van der Waals surface area contributed by atoms with Crippen molar-refractivity contribution < 1.29 is 9.53 Å². The van der Waals surface area contributed by atoms with E-state index in [2.05, 4.69) is 20.3 Å². The Balaban J connectivity index is 1.71. The lowest BCUT2D eigenvalue weighted by Gasteiger charge is -2.07. The lowest BCUT2D eigenvalue weighted by Crippen LogP contribution is -2.13. The lowest BCUT2D eigenvalue weighted by molar-refractivity contribution is 0.102. The molecule has 0 spiro atoms. The molecule has 7 nitrogen and oxygen atoms in total. The molecule has 0 unspecified atom stereocenters. The summed E-state index contributed by atoms with van der Waals surface area (Å²) in [5.41, 5.74) is 6.34. The molecule has 2 heterocycles. The maximum Gasteiger partial charge on any atom is 0.255 e. The predicted octanol–water partition coefficient (Wildman–Crippen LogP) is 2.37. The molecule has 0 atom stereocenters. The molecule has 0 aliphatic carbocycles. The summed E-state index contributed by atoms with van der Waals surface area (Å²) in [5.74, 6) is 1.19. The third kappa shape index (κ3) is 3.90. The average Bonchev–Trinajstić information content (AvgIpc) is 2.63. The Kier molecular flexibility index (Phi) is 4.73. The summed E-state index contributed by atoms with van der Waals surface area (Å²) in [6.07, 6.45) is 4.53. The first-order chi connectivity index (χ1) is 11.7. The monoisotopic (exact) mass is 321 g/mol. The van der Waals surface area contributed by atoms with E-state index in [1.54, 1.807) is 12.1 Å². The van der Waals surface area contributed by atoms with Gasteiger partial charge in [-0.1, -0.05) is 18.2 Å². The first kappa shape index (κ1) is 15.6. The van der Waals surface area contributed by atoms with Gasteiger partial charge in [0.15, 0.2) is 0 Å². The highest BCUT2D eigenvalue weighted by molar-refractivity contribution is 6.04. The molecule has 3 N–H and O–H groups in total. The van der Waals surface area contributed by atoms with Crippen molar-refractivity contribution in [1.29, 1.82) is 0 Å². The van der Waals surface area contributed by atoms with Crippen molar-refractivity contribution in [2.75, 3.05) is 5.32 Å². The molecule has 1 aromatic carbocycles. The molecule has 24 heavy (non-hydrogen) atoms. The van der Waals surface area contributed by atoms with Crippen LogP contribution in [0.25, 0.3) is 0 Å². The van der Waals surface area contributed by atoms with Crippen molar-refractivity contribution in [3.8, 4) is 11.6 Å². The Morgan fingerprint density at radius 2 is 1.83 bits per heavy atom. The normalized spacial score (nSPS) is 10.2. The number of rotatable bonds is 5. The van der Waals surface area contributed by atoms with E-state index in [-0.39, 0.29) is 12.5 Å². The number of amides is 1. The van der Waals surface area contributed by atoms with Gasteiger partial charge in [-0.25, -0.2) is 15.0 Å². The second kappa shape index (κ2) is 7.30. The largest absolute Gasteiger partial charge is 0.439 e. The molecule has 1 amide bonds. The second-order valence-electron chi connectivity index (χ2n) is 4.84. The van der Waals surface area contributed by atoms with Crippen molar-refractivity contribution in [2.24, 2.45) is 5.73 Å². The van der Waals surface area contributed by atoms with Crippen LogP contribution in [0.4, 0.5) is 5.69 Å². The van der Waals surface area contributed by atoms with Gasteiger partial charge >= 0.3 is 0 Å². The minimum Gasteiger partial charge on any atom is -0.439 e. The van der Waals surface area contributed by atoms with E-state index in [0.29, 0.717) is 28.7 Å². The number of nitrogens with one attached hydrogen (secondary N) is 1. The summed E-state index contributed by atoms with van der Waals surface area (Å²) in [6.45, 7) is 0.249. The summed E-state index contributed by atoms with van der Waals surface area (Å²) in [5, 5.41) is 2.71. The molecule has 0 saturated heterocycles. The third-order valence-electron chi connectivity index (χ3n) is 3.11. The number of nitrogens with two attached hydrogens (primary N) is 1. The zero-order chi connectivity index (χ0) is 16.8. The van der Waals surface area contributed by atoms with E-state index in [0.717, 1.165) is 0 Å². The van der Waals surface area contributed by atoms with Gasteiger partial charge in [0.2, 0.25) is 5.88 Å². The minimum atomic E-state index is -0.306. The molecule has 0 aliphatic heterocycles. The van der Waals surface area contributed by atoms with E-state index in [9.17, 15) is 4.79 Å². The van der Waals surface area contributed by atoms with Gasteiger partial charge in [-0.2, -0.15) is 0 Å². The van der Waals surface area contributed by atoms with Gasteiger partial charge in [-0.15, -0.1) is 0 Å². The van der Waals surface area contributed by atoms with Gasteiger partial charge in [-0.05, 0) is 18.2 Å². The van der Waals surface area contributed by atoms with Crippen molar-refractivity contribution in [1.82, 2.24) is 15.0 Å². The SMILES string of the molecule is NCc1ncc(NC(=O)c2ccnc(Oc3ccccc3)c2)cn1. The van der Waals surface area contributed by atoms with Gasteiger partial charge in [-0.3, -0.25) is 4.79 Å². The quantitative estimate of drug-likeness (QED) is 0.748. The number of hydrogen-bond acceptors (Lipinski definition) is 6. The highest BCUT2D eigenvalue weighted by atomic mass is 16.5. The molecular weight excluding hydrogens is 306 g/mol. The molecule has 0 aliphatic rings. The number of nitrogens with zero attached hydrogens (tertiary/aromatic N) is 3. The summed E-state index contributed by atoms with van der Waals surface area (Å²) in [4.78, 5) is 24.5. The number of pyridine rings is 1. The van der Waals surface area contributed by atoms with Crippen LogP contribution in [-0.2, 0) is 6.54 Å². The fourth-order valence-electron chi connectivity index (χ4n) is 1.94. The number of carbonyl (C=O) groups is 1. The van der Waals surface area contributed by atoms with Crippen LogP contribution in [0.1, 0.15) is 16.2 Å². The number of anilines is 1. The zero-order valence-electron chi connectivity index (χ0n) is 12.7. The molecule has 3 rings (SSSR count). The number of benzene rings is 1. The zero-order valence-corrected chi connectivity index (χ0v) is 12.7. The van der Waals surface area contributed by atoms with E-state index in [4.69, 9.17) is 10.5 Å². The van der Waals surface area contributed by atoms with Crippen molar-refractivity contribution in [2.45, 2.75) is 6.54 Å². The standard InChI is InChI=1S/C17H15N5O2/c18-9-15-20-10-13(11-21-15)22-17(23)12-6-7-19-16(8-12)24-14-4-2-1-3-5-14/h1-8,10-11H,9,18H2,(H,22,23). The van der Waals surface area contributed by atoms with Gasteiger partial charge in [0.1, 0.15) is 11.6 Å². The smallest absolute Gasteiger partial charge is 0.255 e. The average molecular weight is 321 g/mol. The number of hydrogen-bond donors (Lipinski definition) is 2. The van der Waals surface area contributed by atoms with Crippen molar-refractivity contribution in [3.05, 3.63) is 72.4 Å². The highest BCUT2D eigenvalue weighted by Crippen LogP contribution is 2.19. The van der Waals surface area contributed by atoms with Crippen LogP contribution in [0, 0.1) is 0 Å². The summed E-state index contributed by atoms with van der Waals surface area (Å²) >= 11 is 0. The summed E-state index contributed by atoms with van der Waals surface area (Å²) in [6, 6.07) is 12.4. The van der Waals surface area contributed by atoms with E-state index in [1.807, 2.05) is 30.3 Å². The fourth-order valence-corrected chi connectivity index (χ4v) is 1.94. The maximum absolute atomic E-state index is 12.3. The van der Waals surface area contributed by atoms with E-state index >= 15 is 0 Å². The Hall–Kier alpha value is -3.32. The molecular formula is C17H15N5O2. The van der Waals surface area contributed by atoms with Crippen LogP contribution in [0.5, 0.6) is 11.6 Å². The minimum absolute atomic E-state index is 0.249. The van der Waals surface area contributed by atoms with Gasteiger partial charge in [0.25, 0.3) is 5.91 Å². The molecule has 0 fully saturated rings. The predicted molar refractivity (Wildman–Crippen MR) is 88.6 cm³/mol. The first-order valence-electron chi connectivity index (χ1n) is 7.26. The van der Waals surface area contributed by atoms with E-state index in [1.165, 1.54) is 18.6 Å². The number of para-hydroxylation sites is 1. The van der Waals surface area contributed by atoms with Crippen LogP contribution in [0.15, 0.2) is 61.1 Å². The second-order valence-corrected chi connectivity index (χ2v) is 4.84. The third-order valence-corrected chi connectivity index (χ3v) is 3.11. The Morgan fingerprint density at radius 3 is 2.54 bits per heavy atom. The van der Waals surface area contributed by atoms with E-state index < -0.39 is 0 Å². The van der Waals surface area contributed by atoms with Gasteiger partial charge in [0.05, 0.1) is 24.6 Å². The summed E-state index contributed by atoms with van der Waals surface area (Å²) < 4.78 is 5.62. The van der Waals surface area contributed by atoms with Crippen LogP contribution in [0.3, 0.4) is 0 Å². The van der Waals surface area contributed by atoms with Gasteiger partial charge < -0.3 is 15.8 Å². The molecule has 3 aromatic rings. The van der Waals surface area contributed by atoms with Crippen molar-refractivity contribution >= 4 is 11.6 Å². The number of aromatic nitrogens is 3. The topological polar surface area (TPSA) is 103 Å². The van der Waals surface area contributed by atoms with Crippen LogP contribution < -0.4 is 15.8 Å². The molecule has 2 aromatic heterocycles. The number of carbonyl (C=O) groups excluding carboxylic acids is 1. The maximum atomic E-state index is 12.3. The van der Waals surface area contributed by atoms with Crippen molar-refractivity contribution in [3.63, 3.8) is 0 Å². The van der Waals surface area contributed by atoms with Gasteiger partial charge in [0, 0.05) is 17.8 Å². The molecule has 7 heteroatoms. The summed E-state index contributed by atoms with van der Waals surface area (Å²) in [7, 11) is 0. The highest BCUT2D eigenvalue weighted by Gasteiger charge is 2.09. The molecule has 0 saturated carbocycles. The van der Waals surface area contributed by atoms with Crippen LogP contribution in [0.2, 0.25) is 0 Å². The Bertz CT molecular complexity index is 822. The Labute approximate surface area is 138 Å². The molecule has 0 bridgehead atoms. The number of ether oxygens (including phenoxy) is 1. The fraction of sp³-hybridized carbons (Fsp3) is 0.0588.